The topological polar surface area (TPSA) is 43.8 Å². The van der Waals surface area contributed by atoms with E-state index < -0.39 is 0 Å². The largest absolute Gasteiger partial charge is 0.330 e. The lowest BCUT2D eigenvalue weighted by Gasteiger charge is -2.34. The van der Waals surface area contributed by atoms with Crippen LogP contribution >= 0.6 is 0 Å². The first-order valence-electron chi connectivity index (χ1n) is 5.90. The van der Waals surface area contributed by atoms with Gasteiger partial charge in [-0.15, -0.1) is 0 Å². The molecule has 2 rings (SSSR count). The Morgan fingerprint density at radius 2 is 2.33 bits per heavy atom. The predicted octanol–water partition coefficient (Wildman–Crippen LogP) is 1.90. The minimum Gasteiger partial charge on any atom is -0.330 e. The molecule has 15 heavy (non-hydrogen) atoms. The highest BCUT2D eigenvalue weighted by atomic mass is 15.3. The molecule has 3 atom stereocenters. The van der Waals surface area contributed by atoms with Crippen LogP contribution in [0.1, 0.15) is 37.8 Å². The lowest BCUT2D eigenvalue weighted by atomic mass is 9.73. The summed E-state index contributed by atoms with van der Waals surface area (Å²) in [6.07, 6.45) is 5.76. The summed E-state index contributed by atoms with van der Waals surface area (Å²) in [5.74, 6) is 2.09. The normalized spacial score (nSPS) is 31.8. The van der Waals surface area contributed by atoms with Gasteiger partial charge in [0.25, 0.3) is 0 Å². The van der Waals surface area contributed by atoms with Crippen LogP contribution in [0.3, 0.4) is 0 Å². The summed E-state index contributed by atoms with van der Waals surface area (Å²) in [6.45, 7) is 3.15. The standard InChI is InChI=1S/C12H21N3/c1-9-3-4-10(8-13)11(7-9)12-5-6-14-15(12)2/h5-6,9-11H,3-4,7-8,13H2,1-2H3. The van der Waals surface area contributed by atoms with Gasteiger partial charge in [0, 0.05) is 24.9 Å². The predicted molar refractivity (Wildman–Crippen MR) is 61.5 cm³/mol. The zero-order valence-corrected chi connectivity index (χ0v) is 9.69. The molecule has 1 aromatic rings. The maximum absolute atomic E-state index is 5.87. The molecule has 1 aliphatic rings. The smallest absolute Gasteiger partial charge is 0.0492 e. The van der Waals surface area contributed by atoms with Gasteiger partial charge in [-0.1, -0.05) is 13.3 Å². The van der Waals surface area contributed by atoms with Crippen molar-refractivity contribution in [1.29, 1.82) is 0 Å². The van der Waals surface area contributed by atoms with E-state index >= 15 is 0 Å². The fourth-order valence-corrected chi connectivity index (χ4v) is 2.84. The van der Waals surface area contributed by atoms with Crippen molar-refractivity contribution >= 4 is 0 Å². The van der Waals surface area contributed by atoms with Crippen LogP contribution in [0.15, 0.2) is 12.3 Å². The van der Waals surface area contributed by atoms with E-state index in [0.717, 1.165) is 12.5 Å². The summed E-state index contributed by atoms with van der Waals surface area (Å²) in [5, 5.41) is 4.26. The van der Waals surface area contributed by atoms with Gasteiger partial charge >= 0.3 is 0 Å². The van der Waals surface area contributed by atoms with Gasteiger partial charge in [-0.25, -0.2) is 0 Å². The highest BCUT2D eigenvalue weighted by Gasteiger charge is 2.30. The van der Waals surface area contributed by atoms with Gasteiger partial charge in [0.15, 0.2) is 0 Å². The summed E-state index contributed by atoms with van der Waals surface area (Å²) in [4.78, 5) is 0. The van der Waals surface area contributed by atoms with E-state index in [1.54, 1.807) is 0 Å². The van der Waals surface area contributed by atoms with Gasteiger partial charge in [0.1, 0.15) is 0 Å². The number of hydrogen-bond acceptors (Lipinski definition) is 2. The third-order valence-corrected chi connectivity index (χ3v) is 3.80. The van der Waals surface area contributed by atoms with Gasteiger partial charge < -0.3 is 5.73 Å². The first kappa shape index (κ1) is 10.7. The molecule has 1 fully saturated rings. The molecule has 3 unspecified atom stereocenters. The van der Waals surface area contributed by atoms with E-state index in [1.807, 2.05) is 17.9 Å². The zero-order valence-electron chi connectivity index (χ0n) is 9.69. The van der Waals surface area contributed by atoms with Gasteiger partial charge in [-0.05, 0) is 37.3 Å². The molecule has 1 aliphatic carbocycles. The van der Waals surface area contributed by atoms with E-state index in [-0.39, 0.29) is 0 Å². The molecule has 0 amide bonds. The van der Waals surface area contributed by atoms with Crippen LogP contribution in [0.25, 0.3) is 0 Å². The molecule has 3 heteroatoms. The van der Waals surface area contributed by atoms with Crippen LogP contribution in [-0.2, 0) is 7.05 Å². The molecule has 0 saturated heterocycles. The molecule has 0 spiro atoms. The quantitative estimate of drug-likeness (QED) is 0.805. The molecule has 1 heterocycles. The first-order chi connectivity index (χ1) is 7.22. The molecule has 0 bridgehead atoms. The summed E-state index contributed by atoms with van der Waals surface area (Å²) < 4.78 is 2.01. The molecule has 3 nitrogen and oxygen atoms in total. The summed E-state index contributed by atoms with van der Waals surface area (Å²) >= 11 is 0. The Morgan fingerprint density at radius 3 is 2.93 bits per heavy atom. The van der Waals surface area contributed by atoms with E-state index in [4.69, 9.17) is 5.73 Å². The Labute approximate surface area is 91.7 Å². The molecule has 0 aliphatic heterocycles. The molecule has 0 radical (unpaired) electrons. The third kappa shape index (κ3) is 2.07. The SMILES string of the molecule is CC1CCC(CN)C(c2ccnn2C)C1. The Kier molecular flexibility index (Phi) is 3.10. The summed E-state index contributed by atoms with van der Waals surface area (Å²) in [5.41, 5.74) is 7.22. The molecule has 0 aromatic carbocycles. The lowest BCUT2D eigenvalue weighted by Crippen LogP contribution is -2.29. The average molecular weight is 207 g/mol. The number of rotatable bonds is 2. The van der Waals surface area contributed by atoms with Gasteiger partial charge in [-0.2, -0.15) is 5.10 Å². The number of aromatic nitrogens is 2. The van der Waals surface area contributed by atoms with E-state index in [1.165, 1.54) is 25.0 Å². The summed E-state index contributed by atoms with van der Waals surface area (Å²) in [7, 11) is 2.03. The van der Waals surface area contributed by atoms with Crippen molar-refractivity contribution in [1.82, 2.24) is 9.78 Å². The lowest BCUT2D eigenvalue weighted by molar-refractivity contribution is 0.246. The molecule has 84 valence electrons. The average Bonchev–Trinajstić information content (AvgIpc) is 2.64. The van der Waals surface area contributed by atoms with Crippen molar-refractivity contribution in [3.63, 3.8) is 0 Å². The Hall–Kier alpha value is -0.830. The number of hydrogen-bond donors (Lipinski definition) is 1. The van der Waals surface area contributed by atoms with Gasteiger partial charge in [0.2, 0.25) is 0 Å². The zero-order chi connectivity index (χ0) is 10.8. The Balaban J connectivity index is 2.20. The van der Waals surface area contributed by atoms with Crippen molar-refractivity contribution in [3.05, 3.63) is 18.0 Å². The Morgan fingerprint density at radius 1 is 1.53 bits per heavy atom. The molecule has 1 saturated carbocycles. The maximum atomic E-state index is 5.87. The number of aryl methyl sites for hydroxylation is 1. The van der Waals surface area contributed by atoms with Crippen molar-refractivity contribution in [2.24, 2.45) is 24.6 Å². The van der Waals surface area contributed by atoms with Crippen LogP contribution < -0.4 is 5.73 Å². The van der Waals surface area contributed by atoms with E-state index in [2.05, 4.69) is 18.1 Å². The fraction of sp³-hybridized carbons (Fsp3) is 0.750. The highest BCUT2D eigenvalue weighted by Crippen LogP contribution is 2.39. The second-order valence-electron chi connectivity index (χ2n) is 4.90. The first-order valence-corrected chi connectivity index (χ1v) is 5.90. The Bertz CT molecular complexity index is 318. The highest BCUT2D eigenvalue weighted by molar-refractivity contribution is 5.11. The van der Waals surface area contributed by atoms with Crippen LogP contribution in [0.4, 0.5) is 0 Å². The monoisotopic (exact) mass is 207 g/mol. The van der Waals surface area contributed by atoms with E-state index in [9.17, 15) is 0 Å². The van der Waals surface area contributed by atoms with Crippen LogP contribution in [0.5, 0.6) is 0 Å². The van der Waals surface area contributed by atoms with E-state index in [0.29, 0.717) is 11.8 Å². The van der Waals surface area contributed by atoms with Crippen LogP contribution in [0.2, 0.25) is 0 Å². The fourth-order valence-electron chi connectivity index (χ4n) is 2.84. The minimum absolute atomic E-state index is 0.617. The second kappa shape index (κ2) is 4.35. The molecule has 2 N–H and O–H groups in total. The van der Waals surface area contributed by atoms with Crippen molar-refractivity contribution in [2.45, 2.75) is 32.1 Å². The number of nitrogens with zero attached hydrogens (tertiary/aromatic N) is 2. The summed E-state index contributed by atoms with van der Waals surface area (Å²) in [6, 6.07) is 2.14. The number of nitrogens with two attached hydrogens (primary N) is 1. The van der Waals surface area contributed by atoms with Crippen LogP contribution in [-0.4, -0.2) is 16.3 Å². The van der Waals surface area contributed by atoms with Crippen molar-refractivity contribution < 1.29 is 0 Å². The maximum Gasteiger partial charge on any atom is 0.0492 e. The molecular weight excluding hydrogens is 186 g/mol. The third-order valence-electron chi connectivity index (χ3n) is 3.80. The van der Waals surface area contributed by atoms with Crippen molar-refractivity contribution in [2.75, 3.05) is 6.54 Å². The van der Waals surface area contributed by atoms with Gasteiger partial charge in [-0.3, -0.25) is 4.68 Å². The molecular formula is C12H21N3. The van der Waals surface area contributed by atoms with Gasteiger partial charge in [0.05, 0.1) is 0 Å². The van der Waals surface area contributed by atoms with Crippen LogP contribution in [0, 0.1) is 11.8 Å². The van der Waals surface area contributed by atoms with Crippen molar-refractivity contribution in [3.8, 4) is 0 Å². The minimum atomic E-state index is 0.617. The second-order valence-corrected chi connectivity index (χ2v) is 4.90. The molecule has 1 aromatic heterocycles.